The van der Waals surface area contributed by atoms with Crippen LogP contribution in [-0.4, -0.2) is 35.5 Å². The fraction of sp³-hybridized carbons (Fsp3) is 0.400. The third kappa shape index (κ3) is 4.48. The molecular formula is C15H19ClN2S2. The Morgan fingerprint density at radius 3 is 2.65 bits per heavy atom. The Labute approximate surface area is 134 Å². The molecule has 2 aromatic rings. The van der Waals surface area contributed by atoms with Crippen LogP contribution in [0, 0.1) is 0 Å². The van der Waals surface area contributed by atoms with Gasteiger partial charge in [-0.2, -0.15) is 11.8 Å². The monoisotopic (exact) mass is 326 g/mol. The standard InChI is InChI=1S/C15H19ClN2S2/c1-18(7-8-19-2)10-12-3-5-13(6-4-12)15-17-14(9-16)11-20-15/h3-6,11H,7-10H2,1-2H3. The van der Waals surface area contributed by atoms with Crippen molar-refractivity contribution in [1.82, 2.24) is 9.88 Å². The highest BCUT2D eigenvalue weighted by Crippen LogP contribution is 2.24. The second-order valence-corrected chi connectivity index (χ2v) is 6.82. The van der Waals surface area contributed by atoms with Crippen LogP contribution in [0.25, 0.3) is 10.6 Å². The molecule has 0 atom stereocenters. The molecule has 0 fully saturated rings. The summed E-state index contributed by atoms with van der Waals surface area (Å²) in [4.78, 5) is 6.85. The van der Waals surface area contributed by atoms with E-state index in [2.05, 4.69) is 47.5 Å². The molecule has 0 saturated heterocycles. The maximum Gasteiger partial charge on any atom is 0.123 e. The average molecular weight is 327 g/mol. The number of aromatic nitrogens is 1. The van der Waals surface area contributed by atoms with Gasteiger partial charge in [-0.25, -0.2) is 4.98 Å². The zero-order valence-corrected chi connectivity index (χ0v) is 14.2. The number of hydrogen-bond acceptors (Lipinski definition) is 4. The Kier molecular flexibility index (Phi) is 6.36. The molecule has 108 valence electrons. The SMILES string of the molecule is CSCCN(C)Cc1ccc(-c2nc(CCl)cs2)cc1. The molecule has 0 amide bonds. The van der Waals surface area contributed by atoms with Crippen molar-refractivity contribution in [2.24, 2.45) is 0 Å². The van der Waals surface area contributed by atoms with Gasteiger partial charge in [-0.3, -0.25) is 0 Å². The summed E-state index contributed by atoms with van der Waals surface area (Å²) >= 11 is 9.32. The van der Waals surface area contributed by atoms with E-state index in [1.807, 2.05) is 17.1 Å². The number of rotatable bonds is 7. The molecule has 20 heavy (non-hydrogen) atoms. The molecule has 0 spiro atoms. The molecule has 5 heteroatoms. The van der Waals surface area contributed by atoms with Gasteiger partial charge in [0.15, 0.2) is 0 Å². The smallest absolute Gasteiger partial charge is 0.123 e. The van der Waals surface area contributed by atoms with Crippen LogP contribution in [0.5, 0.6) is 0 Å². The Bertz CT molecular complexity index is 525. The summed E-state index contributed by atoms with van der Waals surface area (Å²) in [6.07, 6.45) is 2.14. The van der Waals surface area contributed by atoms with E-state index in [0.29, 0.717) is 5.88 Å². The quantitative estimate of drug-likeness (QED) is 0.704. The van der Waals surface area contributed by atoms with Crippen LogP contribution in [0.15, 0.2) is 29.6 Å². The first-order chi connectivity index (χ1) is 9.72. The van der Waals surface area contributed by atoms with E-state index in [4.69, 9.17) is 11.6 Å². The predicted octanol–water partition coefficient (Wildman–Crippen LogP) is 4.34. The average Bonchev–Trinajstić information content (AvgIpc) is 2.95. The number of hydrogen-bond donors (Lipinski definition) is 0. The maximum absolute atomic E-state index is 5.79. The van der Waals surface area contributed by atoms with Gasteiger partial charge < -0.3 is 4.90 Å². The van der Waals surface area contributed by atoms with Crippen LogP contribution in [0.4, 0.5) is 0 Å². The van der Waals surface area contributed by atoms with Crippen LogP contribution < -0.4 is 0 Å². The topological polar surface area (TPSA) is 16.1 Å². The zero-order valence-electron chi connectivity index (χ0n) is 11.8. The normalized spacial score (nSPS) is 11.2. The minimum absolute atomic E-state index is 0.481. The molecule has 0 radical (unpaired) electrons. The minimum atomic E-state index is 0.481. The number of benzene rings is 1. The van der Waals surface area contributed by atoms with Crippen molar-refractivity contribution in [1.29, 1.82) is 0 Å². The van der Waals surface area contributed by atoms with Gasteiger partial charge in [0, 0.05) is 29.8 Å². The Hall–Kier alpha value is -0.550. The molecule has 0 unspecified atom stereocenters. The van der Waals surface area contributed by atoms with Gasteiger partial charge in [-0.05, 0) is 18.9 Å². The lowest BCUT2D eigenvalue weighted by Crippen LogP contribution is -2.20. The van der Waals surface area contributed by atoms with Gasteiger partial charge in [0.1, 0.15) is 5.01 Å². The number of thioether (sulfide) groups is 1. The molecule has 0 aliphatic carbocycles. The third-order valence-corrected chi connectivity index (χ3v) is 4.82. The Morgan fingerprint density at radius 2 is 2.05 bits per heavy atom. The van der Waals surface area contributed by atoms with Crippen LogP contribution >= 0.6 is 34.7 Å². The molecule has 2 nitrogen and oxygen atoms in total. The summed E-state index contributed by atoms with van der Waals surface area (Å²) in [5.41, 5.74) is 3.46. The second-order valence-electron chi connectivity index (χ2n) is 4.71. The number of nitrogens with zero attached hydrogens (tertiary/aromatic N) is 2. The maximum atomic E-state index is 5.79. The molecule has 0 bridgehead atoms. The highest BCUT2D eigenvalue weighted by atomic mass is 35.5. The van der Waals surface area contributed by atoms with Crippen molar-refractivity contribution in [2.45, 2.75) is 12.4 Å². The van der Waals surface area contributed by atoms with Crippen molar-refractivity contribution < 1.29 is 0 Å². The van der Waals surface area contributed by atoms with E-state index >= 15 is 0 Å². The highest BCUT2D eigenvalue weighted by molar-refractivity contribution is 7.98. The van der Waals surface area contributed by atoms with Gasteiger partial charge >= 0.3 is 0 Å². The van der Waals surface area contributed by atoms with Gasteiger partial charge in [0.25, 0.3) is 0 Å². The van der Waals surface area contributed by atoms with E-state index in [-0.39, 0.29) is 0 Å². The molecule has 1 aromatic heterocycles. The summed E-state index contributed by atoms with van der Waals surface area (Å²) in [6, 6.07) is 8.67. The first-order valence-corrected chi connectivity index (χ1v) is 9.31. The van der Waals surface area contributed by atoms with Crippen LogP contribution in [0.2, 0.25) is 0 Å². The fourth-order valence-electron chi connectivity index (χ4n) is 1.89. The largest absolute Gasteiger partial charge is 0.301 e. The summed E-state index contributed by atoms with van der Waals surface area (Å²) in [5.74, 6) is 1.66. The molecule has 1 aromatic carbocycles. The molecule has 0 N–H and O–H groups in total. The van der Waals surface area contributed by atoms with E-state index in [0.717, 1.165) is 23.8 Å². The lowest BCUT2D eigenvalue weighted by molar-refractivity contribution is 0.349. The fourth-order valence-corrected chi connectivity index (χ4v) is 3.44. The Morgan fingerprint density at radius 1 is 1.30 bits per heavy atom. The van der Waals surface area contributed by atoms with Gasteiger partial charge in [0.2, 0.25) is 0 Å². The lowest BCUT2D eigenvalue weighted by Gasteiger charge is -2.15. The van der Waals surface area contributed by atoms with Gasteiger partial charge in [-0.15, -0.1) is 22.9 Å². The molecule has 2 rings (SSSR count). The summed E-state index contributed by atoms with van der Waals surface area (Å²) in [7, 11) is 2.16. The van der Waals surface area contributed by atoms with Gasteiger partial charge in [0.05, 0.1) is 11.6 Å². The van der Waals surface area contributed by atoms with Crippen LogP contribution in [-0.2, 0) is 12.4 Å². The van der Waals surface area contributed by atoms with E-state index in [1.165, 1.54) is 16.9 Å². The lowest BCUT2D eigenvalue weighted by atomic mass is 10.1. The van der Waals surface area contributed by atoms with Gasteiger partial charge in [-0.1, -0.05) is 24.3 Å². The number of alkyl halides is 1. The van der Waals surface area contributed by atoms with Crippen molar-refractivity contribution in [3.05, 3.63) is 40.9 Å². The van der Waals surface area contributed by atoms with Crippen LogP contribution in [0.3, 0.4) is 0 Å². The summed E-state index contributed by atoms with van der Waals surface area (Å²) in [5, 5.41) is 3.06. The van der Waals surface area contributed by atoms with E-state index in [1.54, 1.807) is 11.3 Å². The minimum Gasteiger partial charge on any atom is -0.301 e. The van der Waals surface area contributed by atoms with Crippen molar-refractivity contribution in [2.75, 3.05) is 25.6 Å². The number of halogens is 1. The molecular weight excluding hydrogens is 308 g/mol. The third-order valence-electron chi connectivity index (χ3n) is 3.02. The first-order valence-electron chi connectivity index (χ1n) is 6.50. The second kappa shape index (κ2) is 8.03. The molecule has 0 aliphatic rings. The van der Waals surface area contributed by atoms with Crippen LogP contribution in [0.1, 0.15) is 11.3 Å². The number of thiazole rings is 1. The van der Waals surface area contributed by atoms with Crippen molar-refractivity contribution in [3.8, 4) is 10.6 Å². The van der Waals surface area contributed by atoms with E-state index in [9.17, 15) is 0 Å². The molecule has 0 aliphatic heterocycles. The van der Waals surface area contributed by atoms with E-state index < -0.39 is 0 Å². The molecule has 0 saturated carbocycles. The van der Waals surface area contributed by atoms with Crippen molar-refractivity contribution in [3.63, 3.8) is 0 Å². The zero-order chi connectivity index (χ0) is 14.4. The van der Waals surface area contributed by atoms with Crippen molar-refractivity contribution >= 4 is 34.7 Å². The summed E-state index contributed by atoms with van der Waals surface area (Å²) in [6.45, 7) is 2.11. The Balaban J connectivity index is 1.99. The first kappa shape index (κ1) is 15.8. The predicted molar refractivity (Wildman–Crippen MR) is 91.8 cm³/mol. The highest BCUT2D eigenvalue weighted by Gasteiger charge is 2.05. The molecule has 1 heterocycles. The summed E-state index contributed by atoms with van der Waals surface area (Å²) < 4.78 is 0.